The maximum Gasteiger partial charge on any atom is 0.311 e. The zero-order valence-electron chi connectivity index (χ0n) is 22.8. The van der Waals surface area contributed by atoms with E-state index in [4.69, 9.17) is 4.42 Å². The van der Waals surface area contributed by atoms with Gasteiger partial charge in [0.05, 0.1) is 32.3 Å². The Bertz CT molecular complexity index is 1500. The van der Waals surface area contributed by atoms with Gasteiger partial charge >= 0.3 is 5.97 Å². The Morgan fingerprint density at radius 2 is 1.85 bits per heavy atom. The maximum absolute atomic E-state index is 13.1. The van der Waals surface area contributed by atoms with Gasteiger partial charge in [0.15, 0.2) is 5.82 Å². The van der Waals surface area contributed by atoms with E-state index in [1.54, 1.807) is 0 Å². The first-order valence-electron chi connectivity index (χ1n) is 12.5. The molecule has 0 spiro atoms. The number of aliphatic carboxylic acids is 1. The van der Waals surface area contributed by atoms with Crippen LogP contribution in [0.5, 0.6) is 0 Å². The molecule has 1 atom stereocenters. The smallest absolute Gasteiger partial charge is 0.311 e. The number of aliphatic hydroxyl groups excluding tert-OH is 1. The fourth-order valence-electron chi connectivity index (χ4n) is 4.28. The summed E-state index contributed by atoms with van der Waals surface area (Å²) < 4.78 is 33.7. The molecule has 12 heteroatoms. The van der Waals surface area contributed by atoms with E-state index in [1.807, 2.05) is 60.7 Å². The topological polar surface area (TPSA) is 150 Å². The number of carbonyl (C=O) groups excluding carboxylic acids is 1. The van der Waals surface area contributed by atoms with Gasteiger partial charge in [0.1, 0.15) is 5.76 Å². The molecule has 3 aromatic rings. The minimum Gasteiger partial charge on any atom is -0.481 e. The summed E-state index contributed by atoms with van der Waals surface area (Å²) in [7, 11) is -2.29. The van der Waals surface area contributed by atoms with Gasteiger partial charge in [0.25, 0.3) is 5.91 Å². The molecule has 2 heterocycles. The highest BCUT2D eigenvalue weighted by molar-refractivity contribution is 14.1. The number of carboxylic acids is 1. The van der Waals surface area contributed by atoms with E-state index in [0.29, 0.717) is 32.3 Å². The number of furan rings is 1. The molecule has 3 rings (SSSR count). The van der Waals surface area contributed by atoms with E-state index in [0.717, 1.165) is 21.7 Å². The Balaban J connectivity index is 2.16. The summed E-state index contributed by atoms with van der Waals surface area (Å²) in [6.45, 7) is 6.67. The summed E-state index contributed by atoms with van der Waals surface area (Å²) in [5, 5.41) is 23.0. The Kier molecular flexibility index (Phi) is 9.33. The predicted octanol–water partition coefficient (Wildman–Crippen LogP) is 4.35. The summed E-state index contributed by atoms with van der Waals surface area (Å²) in [5.74, 6) is -0.996. The molecule has 2 aromatic heterocycles. The van der Waals surface area contributed by atoms with Crippen molar-refractivity contribution in [1.29, 1.82) is 0 Å². The molecule has 0 saturated heterocycles. The van der Waals surface area contributed by atoms with Gasteiger partial charge in [0, 0.05) is 19.2 Å². The first-order valence-corrected chi connectivity index (χ1v) is 15.4. The monoisotopic (exact) mass is 671 g/mol. The number of rotatable bonds is 11. The summed E-state index contributed by atoms with van der Waals surface area (Å²) >= 11 is 2.04. The molecule has 1 aromatic carbocycles. The number of benzene rings is 1. The van der Waals surface area contributed by atoms with Crippen LogP contribution in [-0.4, -0.2) is 61.4 Å². The molecule has 0 bridgehead atoms. The first-order chi connectivity index (χ1) is 18.1. The number of amides is 1. The number of carboxylic acid groups (broad SMARTS) is 1. The van der Waals surface area contributed by atoms with Gasteiger partial charge in [-0.1, -0.05) is 36.8 Å². The molecular formula is C27H34IN3O7S. The quantitative estimate of drug-likeness (QED) is 0.255. The van der Waals surface area contributed by atoms with E-state index < -0.39 is 27.5 Å². The molecule has 0 aliphatic heterocycles. The molecule has 1 unspecified atom stereocenters. The van der Waals surface area contributed by atoms with E-state index in [-0.39, 0.29) is 36.8 Å². The predicted molar refractivity (Wildman–Crippen MR) is 159 cm³/mol. The van der Waals surface area contributed by atoms with Crippen molar-refractivity contribution in [2.24, 2.45) is 5.41 Å². The molecule has 10 nitrogen and oxygen atoms in total. The van der Waals surface area contributed by atoms with Crippen molar-refractivity contribution in [2.75, 3.05) is 24.2 Å². The minimum atomic E-state index is -3.82. The van der Waals surface area contributed by atoms with Crippen LogP contribution in [0, 0.1) is 15.9 Å². The Morgan fingerprint density at radius 1 is 1.23 bits per heavy atom. The third-order valence-corrected chi connectivity index (χ3v) is 9.13. The summed E-state index contributed by atoms with van der Waals surface area (Å²) in [6, 6.07) is 7.52. The van der Waals surface area contributed by atoms with Gasteiger partial charge in [-0.05, 0) is 68.2 Å². The number of nitrogens with one attached hydrogen (secondary N) is 1. The number of hydrogen-bond donors (Lipinski definition) is 3. The van der Waals surface area contributed by atoms with Gasteiger partial charge in [-0.3, -0.25) is 13.9 Å². The largest absolute Gasteiger partial charge is 0.481 e. The Morgan fingerprint density at radius 3 is 2.36 bits per heavy atom. The lowest BCUT2D eigenvalue weighted by atomic mass is 9.84. The van der Waals surface area contributed by atoms with E-state index in [9.17, 15) is 28.2 Å². The zero-order chi connectivity index (χ0) is 29.3. The first kappa shape index (κ1) is 30.8. The molecular weight excluding hydrogens is 637 g/mol. The van der Waals surface area contributed by atoms with Crippen molar-refractivity contribution in [2.45, 2.75) is 53.1 Å². The molecule has 0 radical (unpaired) electrons. The van der Waals surface area contributed by atoms with Gasteiger partial charge in [-0.25, -0.2) is 8.42 Å². The minimum absolute atomic E-state index is 0.0307. The van der Waals surface area contributed by atoms with Crippen molar-refractivity contribution < 1.29 is 32.6 Å². The number of nitrogens with zero attached hydrogens (tertiary/aromatic N) is 2. The van der Waals surface area contributed by atoms with Crippen molar-refractivity contribution in [3.05, 3.63) is 44.5 Å². The fraction of sp³-hybridized carbons (Fsp3) is 0.444. The lowest BCUT2D eigenvalue weighted by Crippen LogP contribution is -2.38. The molecule has 0 fully saturated rings. The van der Waals surface area contributed by atoms with Crippen LogP contribution in [0.15, 0.2) is 28.7 Å². The highest BCUT2D eigenvalue weighted by Gasteiger charge is 2.36. The summed E-state index contributed by atoms with van der Waals surface area (Å²) in [6.07, 6.45) is 0.634. The van der Waals surface area contributed by atoms with Gasteiger partial charge in [0.2, 0.25) is 15.7 Å². The SMILES string of the molecule is CCc1c(I)c(N(CCCC(O)C(C)(C)C(=O)O)S(C)(=O)=O)nc2oc(-c3ccc(C)cc3)c(C(=O)NC)c12. The van der Waals surface area contributed by atoms with Crippen LogP contribution in [0.1, 0.15) is 55.1 Å². The van der Waals surface area contributed by atoms with Crippen LogP contribution in [0.25, 0.3) is 22.4 Å². The van der Waals surface area contributed by atoms with E-state index in [1.165, 1.54) is 20.9 Å². The third kappa shape index (κ3) is 6.22. The number of pyridine rings is 1. The molecule has 0 aliphatic rings. The standard InChI is InChI=1S/C27H34IN3O7S/c1-7-17-19-20(24(33)29-5)22(16-12-10-15(2)11-13-16)38-25(19)30-23(21(17)28)31(39(6,36)37)14-8-9-18(32)27(3,4)26(34)35/h10-13,18,32H,7-9,14H2,1-6H3,(H,29,33)(H,34,35). The van der Waals surface area contributed by atoms with Crippen LogP contribution in [0.2, 0.25) is 0 Å². The molecule has 39 heavy (non-hydrogen) atoms. The highest BCUT2D eigenvalue weighted by atomic mass is 127. The van der Waals surface area contributed by atoms with Crippen LogP contribution >= 0.6 is 22.6 Å². The molecule has 3 N–H and O–H groups in total. The number of aliphatic hydroxyl groups is 1. The maximum atomic E-state index is 13.1. The molecule has 1 amide bonds. The second-order valence-electron chi connectivity index (χ2n) is 10.0. The average Bonchev–Trinajstić information content (AvgIpc) is 3.24. The summed E-state index contributed by atoms with van der Waals surface area (Å²) in [5.41, 5.74) is 1.53. The number of anilines is 1. The van der Waals surface area contributed by atoms with E-state index in [2.05, 4.69) is 10.3 Å². The average molecular weight is 672 g/mol. The molecule has 0 aliphatic carbocycles. The Hall–Kier alpha value is -2.71. The number of aromatic nitrogens is 1. The second kappa shape index (κ2) is 11.8. The number of hydrogen-bond acceptors (Lipinski definition) is 7. The van der Waals surface area contributed by atoms with Crippen LogP contribution in [-0.2, 0) is 21.2 Å². The van der Waals surface area contributed by atoms with Crippen LogP contribution in [0.4, 0.5) is 5.82 Å². The molecule has 0 saturated carbocycles. The number of carbonyl (C=O) groups is 2. The number of fused-ring (bicyclic) bond motifs is 1. The Labute approximate surface area is 242 Å². The van der Waals surface area contributed by atoms with Crippen molar-refractivity contribution >= 4 is 61.4 Å². The van der Waals surface area contributed by atoms with Crippen LogP contribution in [0.3, 0.4) is 0 Å². The van der Waals surface area contributed by atoms with E-state index >= 15 is 0 Å². The van der Waals surface area contributed by atoms with Gasteiger partial charge in [-0.2, -0.15) is 4.98 Å². The second-order valence-corrected chi connectivity index (χ2v) is 13.0. The fourth-order valence-corrected chi connectivity index (χ4v) is 6.41. The third-order valence-electron chi connectivity index (χ3n) is 6.84. The summed E-state index contributed by atoms with van der Waals surface area (Å²) in [4.78, 5) is 29.2. The lowest BCUT2D eigenvalue weighted by molar-refractivity contribution is -0.153. The van der Waals surface area contributed by atoms with Crippen LogP contribution < -0.4 is 9.62 Å². The van der Waals surface area contributed by atoms with Gasteiger partial charge < -0.3 is 19.9 Å². The number of aryl methyl sites for hydroxylation is 2. The van der Waals surface area contributed by atoms with Crippen molar-refractivity contribution in [1.82, 2.24) is 10.3 Å². The molecule has 212 valence electrons. The highest BCUT2D eigenvalue weighted by Crippen LogP contribution is 2.40. The number of halogens is 1. The normalized spacial score (nSPS) is 12.9. The zero-order valence-corrected chi connectivity index (χ0v) is 25.8. The van der Waals surface area contributed by atoms with Crippen molar-refractivity contribution in [3.63, 3.8) is 0 Å². The number of sulfonamides is 1. The van der Waals surface area contributed by atoms with Crippen molar-refractivity contribution in [3.8, 4) is 11.3 Å². The lowest BCUT2D eigenvalue weighted by Gasteiger charge is -2.27. The van der Waals surface area contributed by atoms with Gasteiger partial charge in [-0.15, -0.1) is 0 Å².